The monoisotopic (exact) mass is 400 g/mol. The van der Waals surface area contributed by atoms with E-state index in [0.717, 1.165) is 6.07 Å². The molecule has 144 valence electrons. The number of esters is 1. The zero-order valence-electron chi connectivity index (χ0n) is 14.1. The van der Waals surface area contributed by atoms with Gasteiger partial charge in [-0.25, -0.2) is 9.78 Å². The maximum Gasteiger partial charge on any atom is 0.387 e. The zero-order chi connectivity index (χ0) is 19.8. The standard InChI is InChI=1S/C17H15ClF2N2O5/c1-2-25-13-8-10(5-6-12(13)27-17(19)20)16(24)26-9-14(23)22-11-4-3-7-21-15(11)18/h3-8,17H,2,9H2,1H3,(H,22,23). The number of pyridine rings is 1. The first-order valence-corrected chi connectivity index (χ1v) is 8.07. The SMILES string of the molecule is CCOc1cc(C(=O)OCC(=O)Nc2cccnc2Cl)ccc1OC(F)F. The van der Waals surface area contributed by atoms with Crippen LogP contribution in [0.2, 0.25) is 5.15 Å². The molecule has 0 aliphatic heterocycles. The molecule has 0 atom stereocenters. The number of hydrogen-bond acceptors (Lipinski definition) is 6. The fraction of sp³-hybridized carbons (Fsp3) is 0.235. The predicted octanol–water partition coefficient (Wildman–Crippen LogP) is 3.53. The molecule has 0 saturated heterocycles. The summed E-state index contributed by atoms with van der Waals surface area (Å²) < 4.78 is 39.2. The smallest absolute Gasteiger partial charge is 0.387 e. The molecular weight excluding hydrogens is 386 g/mol. The molecule has 1 aromatic heterocycles. The molecule has 2 rings (SSSR count). The molecule has 1 amide bonds. The number of ether oxygens (including phenoxy) is 3. The van der Waals surface area contributed by atoms with Crippen LogP contribution in [0.3, 0.4) is 0 Å². The molecule has 1 N–H and O–H groups in total. The van der Waals surface area contributed by atoms with Gasteiger partial charge >= 0.3 is 12.6 Å². The lowest BCUT2D eigenvalue weighted by Crippen LogP contribution is -2.21. The van der Waals surface area contributed by atoms with Crippen LogP contribution in [0, 0.1) is 0 Å². The van der Waals surface area contributed by atoms with E-state index < -0.39 is 25.1 Å². The second-order valence-corrected chi connectivity index (χ2v) is 5.30. The highest BCUT2D eigenvalue weighted by atomic mass is 35.5. The van der Waals surface area contributed by atoms with Crippen molar-refractivity contribution in [3.05, 3.63) is 47.2 Å². The minimum Gasteiger partial charge on any atom is -0.490 e. The van der Waals surface area contributed by atoms with E-state index in [-0.39, 0.29) is 34.5 Å². The van der Waals surface area contributed by atoms with E-state index in [4.69, 9.17) is 21.1 Å². The summed E-state index contributed by atoms with van der Waals surface area (Å²) in [4.78, 5) is 27.7. The predicted molar refractivity (Wildman–Crippen MR) is 92.4 cm³/mol. The van der Waals surface area contributed by atoms with Crippen molar-refractivity contribution in [1.82, 2.24) is 4.98 Å². The highest BCUT2D eigenvalue weighted by molar-refractivity contribution is 6.32. The molecule has 2 aromatic rings. The Labute approximate surface area is 158 Å². The van der Waals surface area contributed by atoms with Crippen molar-refractivity contribution in [1.29, 1.82) is 0 Å². The van der Waals surface area contributed by atoms with Crippen molar-refractivity contribution in [3.8, 4) is 11.5 Å². The summed E-state index contributed by atoms with van der Waals surface area (Å²) in [6.07, 6.45) is 1.45. The molecule has 0 radical (unpaired) electrons. The Kier molecular flexibility index (Phi) is 7.30. The molecule has 10 heteroatoms. The molecule has 0 bridgehead atoms. The van der Waals surface area contributed by atoms with E-state index in [1.165, 1.54) is 24.4 Å². The first-order valence-electron chi connectivity index (χ1n) is 7.69. The number of nitrogens with zero attached hydrogens (tertiary/aromatic N) is 1. The van der Waals surface area contributed by atoms with E-state index in [2.05, 4.69) is 15.0 Å². The molecule has 0 saturated carbocycles. The van der Waals surface area contributed by atoms with Gasteiger partial charge in [0.1, 0.15) is 0 Å². The van der Waals surface area contributed by atoms with E-state index in [9.17, 15) is 18.4 Å². The minimum absolute atomic E-state index is 0.00674. The van der Waals surface area contributed by atoms with Crippen LogP contribution in [0.5, 0.6) is 11.5 Å². The lowest BCUT2D eigenvalue weighted by molar-refractivity contribution is -0.119. The van der Waals surface area contributed by atoms with E-state index in [1.807, 2.05) is 0 Å². The maximum absolute atomic E-state index is 12.4. The second kappa shape index (κ2) is 9.67. The lowest BCUT2D eigenvalue weighted by Gasteiger charge is -2.12. The molecule has 0 unspecified atom stereocenters. The number of alkyl halides is 2. The topological polar surface area (TPSA) is 86.8 Å². The number of amides is 1. The number of aromatic nitrogens is 1. The molecule has 0 fully saturated rings. The van der Waals surface area contributed by atoms with Crippen molar-refractivity contribution >= 4 is 29.2 Å². The Bertz CT molecular complexity index is 820. The Morgan fingerprint density at radius 2 is 2.04 bits per heavy atom. The fourth-order valence-corrected chi connectivity index (χ4v) is 2.14. The Balaban J connectivity index is 1.99. The molecule has 0 aliphatic rings. The minimum atomic E-state index is -3.04. The van der Waals surface area contributed by atoms with Crippen LogP contribution in [0.1, 0.15) is 17.3 Å². The second-order valence-electron chi connectivity index (χ2n) is 4.94. The normalized spacial score (nSPS) is 10.4. The largest absolute Gasteiger partial charge is 0.490 e. The van der Waals surface area contributed by atoms with Gasteiger partial charge in [-0.2, -0.15) is 8.78 Å². The third-order valence-electron chi connectivity index (χ3n) is 3.06. The van der Waals surface area contributed by atoms with Gasteiger partial charge in [0, 0.05) is 6.20 Å². The number of rotatable bonds is 8. The van der Waals surface area contributed by atoms with Gasteiger partial charge in [0.05, 0.1) is 17.9 Å². The zero-order valence-corrected chi connectivity index (χ0v) is 14.8. The van der Waals surface area contributed by atoms with Gasteiger partial charge in [-0.05, 0) is 37.3 Å². The summed E-state index contributed by atoms with van der Waals surface area (Å²) in [6.45, 7) is -1.80. The van der Waals surface area contributed by atoms with Crippen LogP contribution in [-0.2, 0) is 9.53 Å². The molecular formula is C17H15ClF2N2O5. The quantitative estimate of drug-likeness (QED) is 0.539. The highest BCUT2D eigenvalue weighted by Gasteiger charge is 2.16. The average molecular weight is 401 g/mol. The van der Waals surface area contributed by atoms with Crippen molar-refractivity contribution in [2.75, 3.05) is 18.5 Å². The third-order valence-corrected chi connectivity index (χ3v) is 3.36. The number of anilines is 1. The van der Waals surface area contributed by atoms with Crippen molar-refractivity contribution in [2.24, 2.45) is 0 Å². The maximum atomic E-state index is 12.4. The van der Waals surface area contributed by atoms with Crippen LogP contribution < -0.4 is 14.8 Å². The Hall–Kier alpha value is -2.94. The number of carbonyl (C=O) groups excluding carboxylic acids is 2. The lowest BCUT2D eigenvalue weighted by atomic mass is 10.2. The van der Waals surface area contributed by atoms with Crippen LogP contribution in [-0.4, -0.2) is 36.7 Å². The summed E-state index contributed by atoms with van der Waals surface area (Å²) >= 11 is 5.81. The molecule has 7 nitrogen and oxygen atoms in total. The first-order chi connectivity index (χ1) is 12.9. The number of benzene rings is 1. The number of halogens is 3. The first kappa shape index (κ1) is 20.4. The van der Waals surface area contributed by atoms with Gasteiger partial charge in [0.15, 0.2) is 23.3 Å². The van der Waals surface area contributed by atoms with Gasteiger partial charge in [0.25, 0.3) is 5.91 Å². The van der Waals surface area contributed by atoms with Crippen LogP contribution in [0.15, 0.2) is 36.5 Å². The van der Waals surface area contributed by atoms with Crippen LogP contribution in [0.4, 0.5) is 14.5 Å². The average Bonchev–Trinajstić information content (AvgIpc) is 2.63. The molecule has 27 heavy (non-hydrogen) atoms. The van der Waals surface area contributed by atoms with Crippen LogP contribution >= 0.6 is 11.6 Å². The summed E-state index contributed by atoms with van der Waals surface area (Å²) in [7, 11) is 0. The third kappa shape index (κ3) is 6.07. The highest BCUT2D eigenvalue weighted by Crippen LogP contribution is 2.30. The van der Waals surface area contributed by atoms with Crippen LogP contribution in [0.25, 0.3) is 0 Å². The van der Waals surface area contributed by atoms with E-state index in [1.54, 1.807) is 13.0 Å². The Morgan fingerprint density at radius 1 is 1.26 bits per heavy atom. The molecule has 0 spiro atoms. The number of nitrogens with one attached hydrogen (secondary N) is 1. The van der Waals surface area contributed by atoms with Gasteiger partial charge in [0.2, 0.25) is 0 Å². The Morgan fingerprint density at radius 3 is 2.70 bits per heavy atom. The van der Waals surface area contributed by atoms with E-state index in [0.29, 0.717) is 0 Å². The van der Waals surface area contributed by atoms with Crippen molar-refractivity contribution < 1.29 is 32.6 Å². The van der Waals surface area contributed by atoms with E-state index >= 15 is 0 Å². The molecule has 1 aromatic carbocycles. The summed E-state index contributed by atoms with van der Waals surface area (Å²) in [6, 6.07) is 6.68. The van der Waals surface area contributed by atoms with Gasteiger partial charge in [-0.1, -0.05) is 11.6 Å². The van der Waals surface area contributed by atoms with Gasteiger partial charge in [-0.3, -0.25) is 4.79 Å². The summed E-state index contributed by atoms with van der Waals surface area (Å²) in [5.41, 5.74) is 0.277. The summed E-state index contributed by atoms with van der Waals surface area (Å²) in [5, 5.41) is 2.53. The van der Waals surface area contributed by atoms with Gasteiger partial charge < -0.3 is 19.5 Å². The molecule has 1 heterocycles. The molecule has 0 aliphatic carbocycles. The number of hydrogen-bond donors (Lipinski definition) is 1. The summed E-state index contributed by atoms with van der Waals surface area (Å²) in [5.74, 6) is -1.72. The van der Waals surface area contributed by atoms with Crippen molar-refractivity contribution in [2.45, 2.75) is 13.5 Å². The fourth-order valence-electron chi connectivity index (χ4n) is 1.98. The van der Waals surface area contributed by atoms with Gasteiger partial charge in [-0.15, -0.1) is 0 Å². The number of carbonyl (C=O) groups is 2. The van der Waals surface area contributed by atoms with Crippen molar-refractivity contribution in [3.63, 3.8) is 0 Å².